The van der Waals surface area contributed by atoms with E-state index in [1.165, 1.54) is 0 Å². The Hall–Kier alpha value is -1.33. The van der Waals surface area contributed by atoms with Crippen LogP contribution in [-0.4, -0.2) is 21.7 Å². The molecule has 0 aliphatic heterocycles. The number of imidazole rings is 1. The molecule has 0 amide bonds. The number of halogens is 1. The van der Waals surface area contributed by atoms with Gasteiger partial charge in [-0.1, -0.05) is 11.6 Å². The Kier molecular flexibility index (Phi) is 2.50. The zero-order chi connectivity index (χ0) is 11.0. The summed E-state index contributed by atoms with van der Waals surface area (Å²) in [5.41, 5.74) is 7.83. The second-order valence-corrected chi connectivity index (χ2v) is 3.61. The number of nitrogen functional groups attached to an aromatic ring is 1. The van der Waals surface area contributed by atoms with Crippen molar-refractivity contribution >= 4 is 22.9 Å². The molecule has 0 saturated heterocycles. The third kappa shape index (κ3) is 1.64. The van der Waals surface area contributed by atoms with E-state index in [2.05, 4.69) is 10.1 Å². The number of methoxy groups -OCH3 is 1. The maximum atomic E-state index is 5.83. The molecule has 0 unspecified atom stereocenters. The van der Waals surface area contributed by atoms with Crippen molar-refractivity contribution in [1.29, 1.82) is 0 Å². The molecular weight excluding hydrogens is 216 g/mol. The number of aromatic nitrogens is 3. The topological polar surface area (TPSA) is 65.4 Å². The van der Waals surface area contributed by atoms with Gasteiger partial charge in [-0.15, -0.1) is 0 Å². The second kappa shape index (κ2) is 3.67. The third-order valence-corrected chi connectivity index (χ3v) is 2.47. The van der Waals surface area contributed by atoms with Gasteiger partial charge in [0, 0.05) is 12.7 Å². The molecule has 5 nitrogen and oxygen atoms in total. The molecule has 15 heavy (non-hydrogen) atoms. The van der Waals surface area contributed by atoms with Crippen LogP contribution in [-0.2, 0) is 4.74 Å². The van der Waals surface area contributed by atoms with Crippen LogP contribution in [0.25, 0.3) is 5.65 Å². The molecule has 1 atom stereocenters. The Labute approximate surface area is 91.8 Å². The Morgan fingerprint density at radius 2 is 2.33 bits per heavy atom. The maximum absolute atomic E-state index is 5.83. The van der Waals surface area contributed by atoms with E-state index in [-0.39, 0.29) is 6.10 Å². The van der Waals surface area contributed by atoms with Gasteiger partial charge in [-0.25, -0.2) is 9.50 Å². The second-order valence-electron chi connectivity index (χ2n) is 3.22. The number of nitrogens with zero attached hydrogens (tertiary/aromatic N) is 3. The van der Waals surface area contributed by atoms with Crippen molar-refractivity contribution in [1.82, 2.24) is 14.6 Å². The number of hydrogen-bond acceptors (Lipinski definition) is 4. The van der Waals surface area contributed by atoms with Crippen LogP contribution in [0.3, 0.4) is 0 Å². The molecule has 0 aliphatic carbocycles. The monoisotopic (exact) mass is 226 g/mol. The van der Waals surface area contributed by atoms with Crippen LogP contribution >= 0.6 is 11.6 Å². The smallest absolute Gasteiger partial charge is 0.163 e. The highest BCUT2D eigenvalue weighted by atomic mass is 35.5. The van der Waals surface area contributed by atoms with Crippen molar-refractivity contribution in [3.05, 3.63) is 23.1 Å². The van der Waals surface area contributed by atoms with Gasteiger partial charge in [0.05, 0.1) is 24.2 Å². The summed E-state index contributed by atoms with van der Waals surface area (Å²) in [7, 11) is 1.62. The van der Waals surface area contributed by atoms with Crippen molar-refractivity contribution in [2.75, 3.05) is 12.8 Å². The van der Waals surface area contributed by atoms with Crippen molar-refractivity contribution in [3.63, 3.8) is 0 Å². The predicted molar refractivity (Wildman–Crippen MR) is 57.8 cm³/mol. The van der Waals surface area contributed by atoms with Gasteiger partial charge in [0.2, 0.25) is 0 Å². The minimum absolute atomic E-state index is 0.144. The fourth-order valence-corrected chi connectivity index (χ4v) is 1.64. The van der Waals surface area contributed by atoms with E-state index < -0.39 is 0 Å². The molecule has 6 heteroatoms. The van der Waals surface area contributed by atoms with E-state index in [4.69, 9.17) is 22.1 Å². The van der Waals surface area contributed by atoms with Crippen LogP contribution in [0.5, 0.6) is 0 Å². The van der Waals surface area contributed by atoms with Crippen molar-refractivity contribution < 1.29 is 4.74 Å². The molecule has 0 aromatic carbocycles. The summed E-state index contributed by atoms with van der Waals surface area (Å²) >= 11 is 5.80. The quantitative estimate of drug-likeness (QED) is 0.846. The highest BCUT2D eigenvalue weighted by Crippen LogP contribution is 2.26. The molecule has 0 aliphatic rings. The van der Waals surface area contributed by atoms with Gasteiger partial charge in [-0.05, 0) is 6.92 Å². The molecule has 2 heterocycles. The lowest BCUT2D eigenvalue weighted by Crippen LogP contribution is -2.06. The molecule has 0 bridgehead atoms. The van der Waals surface area contributed by atoms with Crippen LogP contribution < -0.4 is 5.73 Å². The molecule has 2 aromatic rings. The summed E-state index contributed by atoms with van der Waals surface area (Å²) in [6, 6.07) is 0. The number of hydrogen-bond donors (Lipinski definition) is 1. The van der Waals surface area contributed by atoms with Gasteiger partial charge in [0.1, 0.15) is 5.15 Å². The van der Waals surface area contributed by atoms with Gasteiger partial charge < -0.3 is 10.5 Å². The van der Waals surface area contributed by atoms with E-state index in [9.17, 15) is 0 Å². The fraction of sp³-hybridized carbons (Fsp3) is 0.333. The molecule has 0 saturated carbocycles. The normalized spacial score (nSPS) is 13.3. The SMILES string of the molecule is CO[C@@H](C)c1c(N)cnn2cc(Cl)nc12. The highest BCUT2D eigenvalue weighted by molar-refractivity contribution is 6.29. The van der Waals surface area contributed by atoms with Crippen LogP contribution in [0.1, 0.15) is 18.6 Å². The summed E-state index contributed by atoms with van der Waals surface area (Å²) in [5.74, 6) is 0. The Bertz CT molecular complexity index is 496. The first-order valence-corrected chi connectivity index (χ1v) is 4.83. The van der Waals surface area contributed by atoms with Gasteiger partial charge in [-0.3, -0.25) is 0 Å². The molecule has 2 aromatic heterocycles. The molecule has 0 fully saturated rings. The zero-order valence-electron chi connectivity index (χ0n) is 8.44. The lowest BCUT2D eigenvalue weighted by molar-refractivity contribution is 0.121. The van der Waals surface area contributed by atoms with Crippen molar-refractivity contribution in [2.24, 2.45) is 0 Å². The Balaban J connectivity index is 2.73. The van der Waals surface area contributed by atoms with E-state index >= 15 is 0 Å². The van der Waals surface area contributed by atoms with Gasteiger partial charge in [0.15, 0.2) is 5.65 Å². The van der Waals surface area contributed by atoms with Crippen molar-refractivity contribution in [2.45, 2.75) is 13.0 Å². The van der Waals surface area contributed by atoms with Crippen molar-refractivity contribution in [3.8, 4) is 0 Å². The number of nitrogens with two attached hydrogens (primary N) is 1. The van der Waals surface area contributed by atoms with E-state index in [0.717, 1.165) is 5.56 Å². The Morgan fingerprint density at radius 1 is 1.60 bits per heavy atom. The van der Waals surface area contributed by atoms with E-state index in [1.54, 1.807) is 24.0 Å². The summed E-state index contributed by atoms with van der Waals surface area (Å²) in [6.45, 7) is 1.90. The average molecular weight is 227 g/mol. The summed E-state index contributed by atoms with van der Waals surface area (Å²) in [4.78, 5) is 4.15. The Morgan fingerprint density at radius 3 is 3.00 bits per heavy atom. The number of rotatable bonds is 2. The molecular formula is C9H11ClN4O. The lowest BCUT2D eigenvalue weighted by atomic mass is 10.1. The van der Waals surface area contributed by atoms with Crippen LogP contribution in [0.15, 0.2) is 12.4 Å². The lowest BCUT2D eigenvalue weighted by Gasteiger charge is -2.12. The van der Waals surface area contributed by atoms with Crippen LogP contribution in [0.2, 0.25) is 5.15 Å². The predicted octanol–water partition coefficient (Wildman–Crippen LogP) is 1.67. The number of anilines is 1. The van der Waals surface area contributed by atoms with E-state index in [0.29, 0.717) is 16.5 Å². The average Bonchev–Trinajstić information content (AvgIpc) is 2.57. The summed E-state index contributed by atoms with van der Waals surface area (Å²) in [5, 5.41) is 4.45. The largest absolute Gasteiger partial charge is 0.397 e. The molecule has 80 valence electrons. The maximum Gasteiger partial charge on any atom is 0.163 e. The zero-order valence-corrected chi connectivity index (χ0v) is 9.19. The number of fused-ring (bicyclic) bond motifs is 1. The molecule has 2 rings (SSSR count). The third-order valence-electron chi connectivity index (χ3n) is 2.29. The minimum Gasteiger partial charge on any atom is -0.397 e. The van der Waals surface area contributed by atoms with Crippen LogP contribution in [0, 0.1) is 0 Å². The first-order valence-electron chi connectivity index (χ1n) is 4.45. The van der Waals surface area contributed by atoms with Gasteiger partial charge >= 0.3 is 0 Å². The van der Waals surface area contributed by atoms with Crippen LogP contribution in [0.4, 0.5) is 5.69 Å². The summed E-state index contributed by atoms with van der Waals surface area (Å²) < 4.78 is 6.82. The van der Waals surface area contributed by atoms with E-state index in [1.807, 2.05) is 6.92 Å². The molecule has 0 spiro atoms. The first kappa shape index (κ1) is 10.2. The number of ether oxygens (including phenoxy) is 1. The fourth-order valence-electron chi connectivity index (χ4n) is 1.47. The molecule has 2 N–H and O–H groups in total. The summed E-state index contributed by atoms with van der Waals surface area (Å²) in [6.07, 6.45) is 3.05. The standard InChI is InChI=1S/C9H11ClN4O/c1-5(15-2)8-6(11)3-12-14-4-7(10)13-9(8)14/h3-5H,11H2,1-2H3/t5-/m0/s1. The first-order chi connectivity index (χ1) is 7.13. The van der Waals surface area contributed by atoms with Gasteiger partial charge in [-0.2, -0.15) is 5.10 Å². The highest BCUT2D eigenvalue weighted by Gasteiger charge is 2.15. The molecule has 0 radical (unpaired) electrons. The minimum atomic E-state index is -0.144. The van der Waals surface area contributed by atoms with Gasteiger partial charge in [0.25, 0.3) is 0 Å².